The zero-order valence-corrected chi connectivity index (χ0v) is 16.5. The second-order valence-electron chi connectivity index (χ2n) is 6.57. The monoisotopic (exact) mass is 388 g/mol. The van der Waals surface area contributed by atoms with Gasteiger partial charge in [-0.05, 0) is 25.5 Å². The molecule has 0 aliphatic heterocycles. The van der Waals surface area contributed by atoms with Gasteiger partial charge in [-0.25, -0.2) is 9.37 Å². The van der Waals surface area contributed by atoms with Gasteiger partial charge >= 0.3 is 0 Å². The Hall–Kier alpha value is -1.75. The molecule has 0 bridgehead atoms. The number of nitrogens with zero attached hydrogens (tertiary/aromatic N) is 2. The molecule has 0 spiro atoms. The summed E-state index contributed by atoms with van der Waals surface area (Å²) in [4.78, 5) is 6.69. The van der Waals surface area contributed by atoms with Crippen molar-refractivity contribution in [3.8, 4) is 10.6 Å². The fourth-order valence-electron chi connectivity index (χ4n) is 2.77. The predicted molar refractivity (Wildman–Crippen MR) is 108 cm³/mol. The van der Waals surface area contributed by atoms with Crippen LogP contribution in [0, 0.1) is 5.82 Å². The van der Waals surface area contributed by atoms with E-state index >= 15 is 0 Å². The fraction of sp³-hybridized carbons (Fsp3) is 0.286. The molecule has 0 aliphatic carbocycles. The molecule has 0 atom stereocenters. The quantitative estimate of drug-likeness (QED) is 0.454. The van der Waals surface area contributed by atoms with Crippen LogP contribution in [0.25, 0.3) is 10.6 Å². The molecule has 0 aliphatic rings. The van der Waals surface area contributed by atoms with Gasteiger partial charge in [0.05, 0.1) is 11.6 Å². The Bertz CT molecular complexity index is 848. The van der Waals surface area contributed by atoms with E-state index in [9.17, 15) is 4.39 Å². The van der Waals surface area contributed by atoms with Crippen LogP contribution in [0.3, 0.4) is 0 Å². The number of halogens is 2. The summed E-state index contributed by atoms with van der Waals surface area (Å²) in [5.41, 5.74) is 3.55. The van der Waals surface area contributed by atoms with Crippen LogP contribution in [0.5, 0.6) is 0 Å². The van der Waals surface area contributed by atoms with E-state index in [1.807, 2.05) is 35.7 Å². The van der Waals surface area contributed by atoms with E-state index in [0.29, 0.717) is 24.0 Å². The van der Waals surface area contributed by atoms with Gasteiger partial charge in [-0.1, -0.05) is 42.5 Å². The molecule has 1 heterocycles. The van der Waals surface area contributed by atoms with E-state index in [4.69, 9.17) is 11.6 Å². The summed E-state index contributed by atoms with van der Waals surface area (Å²) in [5.74, 6) is 0.184. The first-order valence-electron chi connectivity index (χ1n) is 8.64. The minimum Gasteiger partial charge on any atom is -0.292 e. The maximum Gasteiger partial charge on any atom is 0.128 e. The molecule has 3 rings (SSSR count). The number of alkyl halides is 1. The van der Waals surface area contributed by atoms with E-state index in [1.165, 1.54) is 16.9 Å². The molecule has 0 radical (unpaired) electrons. The molecule has 136 valence electrons. The number of thiazole rings is 1. The van der Waals surface area contributed by atoms with Crippen LogP contribution in [-0.2, 0) is 19.0 Å². The third-order valence-electron chi connectivity index (χ3n) is 4.32. The lowest BCUT2D eigenvalue weighted by Gasteiger charge is -2.27. The predicted octanol–water partition coefficient (Wildman–Crippen LogP) is 6.10. The highest BCUT2D eigenvalue weighted by atomic mass is 35.5. The van der Waals surface area contributed by atoms with Gasteiger partial charge in [0.1, 0.15) is 10.8 Å². The maximum atomic E-state index is 14.7. The summed E-state index contributed by atoms with van der Waals surface area (Å²) in [6.07, 6.45) is 0. The van der Waals surface area contributed by atoms with Crippen LogP contribution in [0.1, 0.15) is 30.7 Å². The summed E-state index contributed by atoms with van der Waals surface area (Å²) in [6.45, 7) is 5.64. The molecule has 0 fully saturated rings. The normalized spacial score (nSPS) is 11.5. The number of aromatic nitrogens is 1. The summed E-state index contributed by atoms with van der Waals surface area (Å²) in [5, 5.41) is 2.71. The lowest BCUT2D eigenvalue weighted by Crippen LogP contribution is -2.30. The van der Waals surface area contributed by atoms with Gasteiger partial charge in [-0.2, -0.15) is 0 Å². The first-order valence-corrected chi connectivity index (χ1v) is 10.1. The standard InChI is InChI=1S/C21H22ClFN2S/c1-15(2)25(12-16-6-4-3-5-7-16)13-18-9-8-17(10-20(18)23)21-24-19(11-22)14-26-21/h3-10,14-15H,11-13H2,1-2H3. The van der Waals surface area contributed by atoms with Crippen molar-refractivity contribution in [3.05, 3.63) is 76.5 Å². The average molecular weight is 389 g/mol. The van der Waals surface area contributed by atoms with Gasteiger partial charge in [0.2, 0.25) is 0 Å². The third kappa shape index (κ3) is 4.70. The largest absolute Gasteiger partial charge is 0.292 e. The fourth-order valence-corrected chi connectivity index (χ4v) is 3.81. The average Bonchev–Trinajstić information content (AvgIpc) is 3.12. The molecule has 0 N–H and O–H groups in total. The van der Waals surface area contributed by atoms with Crippen molar-refractivity contribution in [2.45, 2.75) is 38.9 Å². The first kappa shape index (κ1) is 19.0. The highest BCUT2D eigenvalue weighted by Gasteiger charge is 2.15. The Labute approximate surface area is 163 Å². The van der Waals surface area contributed by atoms with Gasteiger partial charge in [0.25, 0.3) is 0 Å². The smallest absolute Gasteiger partial charge is 0.128 e. The van der Waals surface area contributed by atoms with Gasteiger partial charge in [-0.3, -0.25) is 4.90 Å². The minimum atomic E-state index is -0.191. The highest BCUT2D eigenvalue weighted by Crippen LogP contribution is 2.27. The second-order valence-corrected chi connectivity index (χ2v) is 7.69. The van der Waals surface area contributed by atoms with E-state index in [0.717, 1.165) is 22.8 Å². The van der Waals surface area contributed by atoms with E-state index in [2.05, 4.69) is 35.9 Å². The molecule has 0 unspecified atom stereocenters. The van der Waals surface area contributed by atoms with Crippen molar-refractivity contribution in [2.24, 2.45) is 0 Å². The van der Waals surface area contributed by atoms with Crippen LogP contribution in [0.2, 0.25) is 0 Å². The van der Waals surface area contributed by atoms with Crippen molar-refractivity contribution in [2.75, 3.05) is 0 Å². The Morgan fingerprint density at radius 1 is 1.12 bits per heavy atom. The zero-order valence-electron chi connectivity index (χ0n) is 15.0. The molecule has 26 heavy (non-hydrogen) atoms. The van der Waals surface area contributed by atoms with E-state index in [-0.39, 0.29) is 5.82 Å². The molecule has 0 saturated carbocycles. The second kappa shape index (κ2) is 8.76. The lowest BCUT2D eigenvalue weighted by atomic mass is 10.1. The molecule has 2 nitrogen and oxygen atoms in total. The lowest BCUT2D eigenvalue weighted by molar-refractivity contribution is 0.201. The molecule has 2 aromatic carbocycles. The van der Waals surface area contributed by atoms with Crippen LogP contribution in [-0.4, -0.2) is 15.9 Å². The van der Waals surface area contributed by atoms with Crippen molar-refractivity contribution >= 4 is 22.9 Å². The zero-order chi connectivity index (χ0) is 18.5. The van der Waals surface area contributed by atoms with Gasteiger partial charge in [0, 0.05) is 35.6 Å². The molecular formula is C21H22ClFN2S. The van der Waals surface area contributed by atoms with Crippen LogP contribution >= 0.6 is 22.9 Å². The molecule has 1 aromatic heterocycles. The Kier molecular flexibility index (Phi) is 6.41. The first-order chi connectivity index (χ1) is 12.6. The minimum absolute atomic E-state index is 0.191. The Morgan fingerprint density at radius 2 is 1.88 bits per heavy atom. The topological polar surface area (TPSA) is 16.1 Å². The SMILES string of the molecule is CC(C)N(Cc1ccccc1)Cc1ccc(-c2nc(CCl)cs2)cc1F. The summed E-state index contributed by atoms with van der Waals surface area (Å²) in [7, 11) is 0. The van der Waals surface area contributed by atoms with Gasteiger partial charge < -0.3 is 0 Å². The van der Waals surface area contributed by atoms with E-state index < -0.39 is 0 Å². The number of rotatable bonds is 7. The van der Waals surface area contributed by atoms with Crippen molar-refractivity contribution < 1.29 is 4.39 Å². The van der Waals surface area contributed by atoms with Crippen LogP contribution in [0.4, 0.5) is 4.39 Å². The van der Waals surface area contributed by atoms with E-state index in [1.54, 1.807) is 6.07 Å². The summed E-state index contributed by atoms with van der Waals surface area (Å²) in [6, 6.07) is 16.0. The number of hydrogen-bond acceptors (Lipinski definition) is 3. The van der Waals surface area contributed by atoms with Crippen LogP contribution < -0.4 is 0 Å². The third-order valence-corrected chi connectivity index (χ3v) is 5.53. The van der Waals surface area contributed by atoms with Crippen LogP contribution in [0.15, 0.2) is 53.9 Å². The summed E-state index contributed by atoms with van der Waals surface area (Å²) >= 11 is 7.29. The number of benzene rings is 2. The highest BCUT2D eigenvalue weighted by molar-refractivity contribution is 7.13. The van der Waals surface area contributed by atoms with Crippen molar-refractivity contribution in [1.29, 1.82) is 0 Å². The Morgan fingerprint density at radius 3 is 2.50 bits per heavy atom. The Balaban J connectivity index is 1.77. The molecule has 5 heteroatoms. The van der Waals surface area contributed by atoms with Crippen molar-refractivity contribution in [1.82, 2.24) is 9.88 Å². The summed E-state index contributed by atoms with van der Waals surface area (Å²) < 4.78 is 14.7. The maximum absolute atomic E-state index is 14.7. The molecule has 0 amide bonds. The molecule has 3 aromatic rings. The van der Waals surface area contributed by atoms with Gasteiger partial charge in [0.15, 0.2) is 0 Å². The number of hydrogen-bond donors (Lipinski definition) is 0. The molecule has 0 saturated heterocycles. The van der Waals surface area contributed by atoms with Gasteiger partial charge in [-0.15, -0.1) is 22.9 Å². The van der Waals surface area contributed by atoms with Crippen molar-refractivity contribution in [3.63, 3.8) is 0 Å². The molecular weight excluding hydrogens is 367 g/mol.